The molecule has 7 nitrogen and oxygen atoms in total. The lowest BCUT2D eigenvalue weighted by Gasteiger charge is -2.32. The summed E-state index contributed by atoms with van der Waals surface area (Å²) < 4.78 is 11.6. The van der Waals surface area contributed by atoms with Crippen LogP contribution in [0.5, 0.6) is 5.75 Å². The van der Waals surface area contributed by atoms with Gasteiger partial charge >= 0.3 is 6.09 Å². The third-order valence-electron chi connectivity index (χ3n) is 4.28. The molecule has 1 aromatic heterocycles. The van der Waals surface area contributed by atoms with Gasteiger partial charge in [0.1, 0.15) is 23.3 Å². The van der Waals surface area contributed by atoms with Gasteiger partial charge in [-0.15, -0.1) is 0 Å². The van der Waals surface area contributed by atoms with E-state index in [-0.39, 0.29) is 12.1 Å². The molecule has 0 spiro atoms. The molecule has 1 aromatic carbocycles. The predicted molar refractivity (Wildman–Crippen MR) is 103 cm³/mol. The Bertz CT molecular complexity index is 804. The SMILES string of the molecule is CC(C)(C)OC(=O)NC1CCC(Oc2ccnc(NN)c2)c2ccccc21. The van der Waals surface area contributed by atoms with Gasteiger partial charge < -0.3 is 20.2 Å². The van der Waals surface area contributed by atoms with Gasteiger partial charge in [0.25, 0.3) is 0 Å². The molecule has 27 heavy (non-hydrogen) atoms. The number of hydrogen-bond acceptors (Lipinski definition) is 6. The third-order valence-corrected chi connectivity index (χ3v) is 4.28. The number of benzene rings is 1. The van der Waals surface area contributed by atoms with Crippen molar-refractivity contribution in [3.8, 4) is 5.75 Å². The van der Waals surface area contributed by atoms with Crippen molar-refractivity contribution in [1.29, 1.82) is 0 Å². The van der Waals surface area contributed by atoms with Crippen LogP contribution >= 0.6 is 0 Å². The Morgan fingerprint density at radius 2 is 1.93 bits per heavy atom. The van der Waals surface area contributed by atoms with E-state index in [1.807, 2.05) is 45.0 Å². The number of alkyl carbamates (subject to hydrolysis) is 1. The van der Waals surface area contributed by atoms with E-state index in [4.69, 9.17) is 15.3 Å². The normalized spacial score (nSPS) is 19.0. The van der Waals surface area contributed by atoms with Crippen LogP contribution in [0.4, 0.5) is 10.6 Å². The second-order valence-electron chi connectivity index (χ2n) is 7.53. The number of amides is 1. The number of rotatable bonds is 4. The molecular weight excluding hydrogens is 344 g/mol. The number of carbonyl (C=O) groups is 1. The number of nitrogens with one attached hydrogen (secondary N) is 2. The Labute approximate surface area is 159 Å². The fourth-order valence-electron chi connectivity index (χ4n) is 3.20. The fraction of sp³-hybridized carbons (Fsp3) is 0.400. The number of pyridine rings is 1. The molecule has 3 rings (SSSR count). The molecule has 2 atom stereocenters. The van der Waals surface area contributed by atoms with Crippen molar-refractivity contribution < 1.29 is 14.3 Å². The summed E-state index contributed by atoms with van der Waals surface area (Å²) in [5.41, 5.74) is 4.10. The molecule has 1 aliphatic rings. The van der Waals surface area contributed by atoms with Crippen molar-refractivity contribution in [2.75, 3.05) is 5.43 Å². The van der Waals surface area contributed by atoms with Crippen molar-refractivity contribution in [3.05, 3.63) is 53.7 Å². The highest BCUT2D eigenvalue weighted by atomic mass is 16.6. The standard InChI is InChI=1S/C20H26N4O3/c1-20(2,3)27-19(25)23-16-8-9-17(15-7-5-4-6-14(15)16)26-13-10-11-22-18(12-13)24-21/h4-7,10-12,16-17H,8-9,21H2,1-3H3,(H,22,24)(H,23,25). The zero-order valence-corrected chi connectivity index (χ0v) is 15.9. The smallest absolute Gasteiger partial charge is 0.408 e. The van der Waals surface area contributed by atoms with Crippen molar-refractivity contribution >= 4 is 11.9 Å². The minimum Gasteiger partial charge on any atom is -0.486 e. The molecule has 144 valence electrons. The summed E-state index contributed by atoms with van der Waals surface area (Å²) in [5, 5.41) is 2.98. The van der Waals surface area contributed by atoms with E-state index in [1.165, 1.54) is 0 Å². The first-order valence-electron chi connectivity index (χ1n) is 9.03. The van der Waals surface area contributed by atoms with Crippen LogP contribution in [0.15, 0.2) is 42.6 Å². The number of fused-ring (bicyclic) bond motifs is 1. The van der Waals surface area contributed by atoms with Crippen LogP contribution in [0.2, 0.25) is 0 Å². The summed E-state index contributed by atoms with van der Waals surface area (Å²) in [6, 6.07) is 11.5. The number of nitrogens with two attached hydrogens (primary N) is 1. The van der Waals surface area contributed by atoms with Crippen LogP contribution in [0, 0.1) is 0 Å². The van der Waals surface area contributed by atoms with E-state index in [0.717, 1.165) is 24.0 Å². The van der Waals surface area contributed by atoms with Crippen LogP contribution < -0.4 is 21.3 Å². The lowest BCUT2D eigenvalue weighted by Crippen LogP contribution is -2.37. The first kappa shape index (κ1) is 19.0. The summed E-state index contributed by atoms with van der Waals surface area (Å²) in [7, 11) is 0. The molecule has 0 saturated carbocycles. The number of hydrazine groups is 1. The second-order valence-corrected chi connectivity index (χ2v) is 7.53. The van der Waals surface area contributed by atoms with Gasteiger partial charge in [-0.3, -0.25) is 0 Å². The highest BCUT2D eigenvalue weighted by Gasteiger charge is 2.30. The maximum Gasteiger partial charge on any atom is 0.408 e. The van der Waals surface area contributed by atoms with Gasteiger partial charge in [-0.05, 0) is 50.8 Å². The molecule has 0 aliphatic heterocycles. The largest absolute Gasteiger partial charge is 0.486 e. The summed E-state index contributed by atoms with van der Waals surface area (Å²) in [6.07, 6.45) is 2.66. The van der Waals surface area contributed by atoms with Crippen molar-refractivity contribution in [1.82, 2.24) is 10.3 Å². The van der Waals surface area contributed by atoms with Gasteiger partial charge in [0, 0.05) is 12.3 Å². The predicted octanol–water partition coefficient (Wildman–Crippen LogP) is 3.85. The second kappa shape index (κ2) is 7.84. The zero-order chi connectivity index (χ0) is 19.4. The maximum absolute atomic E-state index is 12.2. The zero-order valence-electron chi connectivity index (χ0n) is 15.9. The Balaban J connectivity index is 1.76. The Kier molecular flexibility index (Phi) is 5.51. The number of carbonyl (C=O) groups excluding carboxylic acids is 1. The first-order valence-corrected chi connectivity index (χ1v) is 9.03. The van der Waals surface area contributed by atoms with Crippen molar-refractivity contribution in [2.24, 2.45) is 5.84 Å². The molecule has 1 heterocycles. The number of hydrogen-bond donors (Lipinski definition) is 3. The molecule has 0 fully saturated rings. The van der Waals surface area contributed by atoms with E-state index >= 15 is 0 Å². The van der Waals surface area contributed by atoms with Crippen LogP contribution in [0.25, 0.3) is 0 Å². The number of ether oxygens (including phenoxy) is 2. The van der Waals surface area contributed by atoms with Crippen LogP contribution in [-0.4, -0.2) is 16.7 Å². The van der Waals surface area contributed by atoms with Crippen molar-refractivity contribution in [3.63, 3.8) is 0 Å². The van der Waals surface area contributed by atoms with Gasteiger partial charge in [-0.25, -0.2) is 15.6 Å². The van der Waals surface area contributed by atoms with E-state index in [9.17, 15) is 4.79 Å². The van der Waals surface area contributed by atoms with E-state index in [0.29, 0.717) is 11.6 Å². The van der Waals surface area contributed by atoms with Gasteiger partial charge in [0.15, 0.2) is 0 Å². The molecule has 7 heteroatoms. The van der Waals surface area contributed by atoms with Gasteiger partial charge in [0.05, 0.1) is 6.04 Å². The molecule has 1 aliphatic carbocycles. The van der Waals surface area contributed by atoms with E-state index in [2.05, 4.69) is 15.7 Å². The Hall–Kier alpha value is -2.80. The number of nitrogens with zero attached hydrogens (tertiary/aromatic N) is 1. The summed E-state index contributed by atoms with van der Waals surface area (Å²) in [6.45, 7) is 5.55. The van der Waals surface area contributed by atoms with Crippen LogP contribution in [-0.2, 0) is 4.74 Å². The molecule has 4 N–H and O–H groups in total. The average molecular weight is 370 g/mol. The lowest BCUT2D eigenvalue weighted by atomic mass is 9.85. The number of anilines is 1. The minimum atomic E-state index is -0.528. The number of aromatic nitrogens is 1. The molecule has 0 saturated heterocycles. The first-order chi connectivity index (χ1) is 12.9. The molecular formula is C20H26N4O3. The molecule has 2 aromatic rings. The molecule has 1 amide bonds. The topological polar surface area (TPSA) is 98.5 Å². The van der Waals surface area contributed by atoms with E-state index < -0.39 is 11.7 Å². The Morgan fingerprint density at radius 1 is 1.19 bits per heavy atom. The minimum absolute atomic E-state index is 0.102. The van der Waals surface area contributed by atoms with Gasteiger partial charge in [-0.2, -0.15) is 0 Å². The molecule has 2 unspecified atom stereocenters. The van der Waals surface area contributed by atoms with Gasteiger partial charge in [0.2, 0.25) is 0 Å². The monoisotopic (exact) mass is 370 g/mol. The van der Waals surface area contributed by atoms with Gasteiger partial charge in [-0.1, -0.05) is 24.3 Å². The quantitative estimate of drug-likeness (QED) is 0.559. The van der Waals surface area contributed by atoms with E-state index in [1.54, 1.807) is 18.3 Å². The third kappa shape index (κ3) is 4.89. The van der Waals surface area contributed by atoms with Crippen LogP contribution in [0.3, 0.4) is 0 Å². The Morgan fingerprint density at radius 3 is 2.63 bits per heavy atom. The highest BCUT2D eigenvalue weighted by molar-refractivity contribution is 5.68. The maximum atomic E-state index is 12.2. The van der Waals surface area contributed by atoms with Crippen LogP contribution in [0.1, 0.15) is 56.9 Å². The molecule has 0 bridgehead atoms. The average Bonchev–Trinajstić information content (AvgIpc) is 2.62. The number of nitrogen functional groups attached to an aromatic ring is 1. The fourth-order valence-corrected chi connectivity index (χ4v) is 3.20. The highest BCUT2D eigenvalue weighted by Crippen LogP contribution is 2.39. The summed E-state index contributed by atoms with van der Waals surface area (Å²) in [4.78, 5) is 16.3. The summed E-state index contributed by atoms with van der Waals surface area (Å²) in [5.74, 6) is 6.65. The summed E-state index contributed by atoms with van der Waals surface area (Å²) >= 11 is 0. The van der Waals surface area contributed by atoms with Crippen molar-refractivity contribution in [2.45, 2.75) is 51.4 Å². The molecule has 0 radical (unpaired) electrons. The lowest BCUT2D eigenvalue weighted by molar-refractivity contribution is 0.0489.